The molecule has 0 N–H and O–H groups in total. The largest absolute Gasteiger partial charge is 0.299 e. The van der Waals surface area contributed by atoms with Gasteiger partial charge in [0.25, 0.3) is 0 Å². The maximum atomic E-state index is 10.7. The smallest absolute Gasteiger partial charge is 0.144 e. The van der Waals surface area contributed by atoms with Crippen LogP contribution in [0.2, 0.25) is 0 Å². The molecule has 0 aromatic rings. The van der Waals surface area contributed by atoms with Crippen LogP contribution in [0.15, 0.2) is 33.7 Å². The Labute approximate surface area is 124 Å². The number of thioether (sulfide) groups is 1. The van der Waals surface area contributed by atoms with E-state index in [2.05, 4.69) is 25.8 Å². The van der Waals surface area contributed by atoms with Crippen LogP contribution in [-0.4, -0.2) is 12.0 Å². The summed E-state index contributed by atoms with van der Waals surface area (Å²) in [6, 6.07) is 0. The first kappa shape index (κ1) is 14.5. The minimum Gasteiger partial charge on any atom is -0.299 e. The summed E-state index contributed by atoms with van der Waals surface area (Å²) in [5.74, 6) is 3.92. The van der Waals surface area contributed by atoms with Crippen LogP contribution in [-0.2, 0) is 4.79 Å². The zero-order valence-corrected chi connectivity index (χ0v) is 12.8. The highest BCUT2D eigenvalue weighted by molar-refractivity contribution is 8.03. The summed E-state index contributed by atoms with van der Waals surface area (Å²) in [6.07, 6.45) is 13.6. The summed E-state index contributed by atoms with van der Waals surface area (Å²) in [7, 11) is 0. The molecule has 100 valence electrons. The van der Waals surface area contributed by atoms with Gasteiger partial charge < -0.3 is 0 Å². The lowest BCUT2D eigenvalue weighted by molar-refractivity contribution is -0.104. The first-order valence-corrected chi connectivity index (χ1v) is 7.66. The van der Waals surface area contributed by atoms with Gasteiger partial charge in [-0.05, 0) is 35.7 Å². The van der Waals surface area contributed by atoms with E-state index in [0.29, 0.717) is 17.7 Å². The summed E-state index contributed by atoms with van der Waals surface area (Å²) >= 11 is 8.13. The van der Waals surface area contributed by atoms with Gasteiger partial charge >= 0.3 is 0 Å². The third-order valence-corrected chi connectivity index (χ3v) is 5.54. The molecule has 3 heteroatoms. The number of carbonyl (C=O) groups excluding carboxylic acids is 1. The molecule has 0 radical (unpaired) electrons. The maximum Gasteiger partial charge on any atom is 0.144 e. The molecule has 0 saturated carbocycles. The van der Waals surface area contributed by atoms with Gasteiger partial charge in [0.2, 0.25) is 0 Å². The lowest BCUT2D eigenvalue weighted by Crippen LogP contribution is -2.29. The fraction of sp³-hybridized carbons (Fsp3) is 0.438. The Hall–Kier alpha value is -0.910. The van der Waals surface area contributed by atoms with Gasteiger partial charge in [0, 0.05) is 9.94 Å². The number of hydrogen-bond donors (Lipinski definition) is 0. The quantitative estimate of drug-likeness (QED) is 0.429. The number of halogens is 1. The Kier molecular flexibility index (Phi) is 3.99. The van der Waals surface area contributed by atoms with Gasteiger partial charge in [0.1, 0.15) is 6.29 Å². The monoisotopic (exact) mass is 292 g/mol. The van der Waals surface area contributed by atoms with Gasteiger partial charge in [-0.3, -0.25) is 4.79 Å². The molecule has 1 unspecified atom stereocenters. The van der Waals surface area contributed by atoms with E-state index in [9.17, 15) is 4.79 Å². The van der Waals surface area contributed by atoms with E-state index >= 15 is 0 Å². The van der Waals surface area contributed by atoms with E-state index in [0.717, 1.165) is 12.2 Å². The van der Waals surface area contributed by atoms with Gasteiger partial charge in [-0.1, -0.05) is 43.5 Å². The molecule has 1 aliphatic carbocycles. The predicted octanol–water partition coefficient (Wildman–Crippen LogP) is 4.30. The molecular weight excluding hydrogens is 276 g/mol. The number of allylic oxidation sites excluding steroid dienone is 5. The van der Waals surface area contributed by atoms with Crippen LogP contribution in [0.25, 0.3) is 0 Å². The van der Waals surface area contributed by atoms with Gasteiger partial charge in [0.15, 0.2) is 0 Å². The van der Waals surface area contributed by atoms with Crippen LogP contribution in [0.5, 0.6) is 0 Å². The Morgan fingerprint density at radius 1 is 1.58 bits per heavy atom. The van der Waals surface area contributed by atoms with Crippen molar-refractivity contribution in [3.05, 3.63) is 33.7 Å². The minimum absolute atomic E-state index is 0.145. The Morgan fingerprint density at radius 2 is 2.32 bits per heavy atom. The summed E-state index contributed by atoms with van der Waals surface area (Å²) < 4.78 is 0. The molecule has 1 nitrogen and oxygen atoms in total. The molecule has 0 spiro atoms. The summed E-state index contributed by atoms with van der Waals surface area (Å²) in [5.41, 5.74) is 0.851. The van der Waals surface area contributed by atoms with Crippen molar-refractivity contribution in [2.75, 3.05) is 5.75 Å². The Morgan fingerprint density at radius 3 is 2.95 bits per heavy atom. The first-order chi connectivity index (χ1) is 8.95. The lowest BCUT2D eigenvalue weighted by atomic mass is 9.69. The average Bonchev–Trinajstić information content (AvgIpc) is 2.38. The topological polar surface area (TPSA) is 17.1 Å². The molecule has 1 atom stereocenters. The number of terminal acetylenes is 1. The summed E-state index contributed by atoms with van der Waals surface area (Å²) in [5, 5.41) is 0.430. The molecule has 0 amide bonds. The molecule has 0 fully saturated rings. The molecule has 0 aromatic heterocycles. The van der Waals surface area contributed by atoms with Gasteiger partial charge in [-0.25, -0.2) is 0 Å². The first-order valence-electron chi connectivity index (χ1n) is 6.30. The number of hydrogen-bond acceptors (Lipinski definition) is 2. The highest BCUT2D eigenvalue weighted by atomic mass is 35.5. The average molecular weight is 293 g/mol. The van der Waals surface area contributed by atoms with Crippen LogP contribution in [0.4, 0.5) is 0 Å². The van der Waals surface area contributed by atoms with Crippen molar-refractivity contribution in [2.45, 2.75) is 26.7 Å². The van der Waals surface area contributed by atoms with Gasteiger partial charge in [-0.2, -0.15) is 0 Å². The highest BCUT2D eigenvalue weighted by Crippen LogP contribution is 2.52. The normalized spacial score (nSPS) is 29.7. The second kappa shape index (κ2) is 5.23. The van der Waals surface area contributed by atoms with E-state index < -0.39 is 5.41 Å². The molecular formula is C16H17ClOS. The fourth-order valence-electron chi connectivity index (χ4n) is 2.56. The number of rotatable bonds is 2. The standard InChI is InChI=1S/C16H17ClOS/c1-4-16(14(17)6-9-18)7-5-13-12(11-16)15(2,3)8-10-19-13/h1,5-7,9H,8,10-11H2,2-3H3/b14-6-. The SMILES string of the molecule is C#CC1(/C(Cl)=C/C=O)C=CC2=C(C1)C(C)(C)CCS2. The van der Waals surface area contributed by atoms with Crippen LogP contribution in [0.3, 0.4) is 0 Å². The van der Waals surface area contributed by atoms with Crippen molar-refractivity contribution in [1.82, 2.24) is 0 Å². The van der Waals surface area contributed by atoms with E-state index in [1.807, 2.05) is 17.8 Å². The van der Waals surface area contributed by atoms with Crippen molar-refractivity contribution in [1.29, 1.82) is 0 Å². The van der Waals surface area contributed by atoms with Crippen LogP contribution >= 0.6 is 23.4 Å². The van der Waals surface area contributed by atoms with Crippen molar-refractivity contribution < 1.29 is 4.79 Å². The summed E-state index contributed by atoms with van der Waals surface area (Å²) in [4.78, 5) is 12.0. The molecule has 2 aliphatic rings. The maximum absolute atomic E-state index is 10.7. The zero-order chi connectivity index (χ0) is 14.1. The second-order valence-corrected chi connectivity index (χ2v) is 7.15. The van der Waals surface area contributed by atoms with Gasteiger partial charge in [-0.15, -0.1) is 18.2 Å². The van der Waals surface area contributed by atoms with E-state index in [1.54, 1.807) is 0 Å². The van der Waals surface area contributed by atoms with E-state index in [4.69, 9.17) is 18.0 Å². The molecule has 19 heavy (non-hydrogen) atoms. The lowest BCUT2D eigenvalue weighted by Gasteiger charge is -2.40. The van der Waals surface area contributed by atoms with Crippen LogP contribution < -0.4 is 0 Å². The third kappa shape index (κ3) is 2.55. The fourth-order valence-corrected chi connectivity index (χ4v) is 4.31. The molecule has 0 bridgehead atoms. The minimum atomic E-state index is -0.656. The van der Waals surface area contributed by atoms with Crippen molar-refractivity contribution in [2.24, 2.45) is 10.8 Å². The molecule has 1 heterocycles. The van der Waals surface area contributed by atoms with Crippen molar-refractivity contribution >= 4 is 29.6 Å². The molecule has 1 aliphatic heterocycles. The molecule has 2 rings (SSSR count). The zero-order valence-electron chi connectivity index (χ0n) is 11.2. The molecule has 0 saturated heterocycles. The van der Waals surface area contributed by atoms with Gasteiger partial charge in [0.05, 0.1) is 5.41 Å². The van der Waals surface area contributed by atoms with E-state index in [1.165, 1.54) is 16.6 Å². The Bertz CT molecular complexity index is 533. The van der Waals surface area contributed by atoms with Crippen LogP contribution in [0, 0.1) is 23.2 Å². The summed E-state index contributed by atoms with van der Waals surface area (Å²) in [6.45, 7) is 4.50. The second-order valence-electron chi connectivity index (χ2n) is 5.60. The highest BCUT2D eigenvalue weighted by Gasteiger charge is 2.40. The van der Waals surface area contributed by atoms with Crippen molar-refractivity contribution in [3.8, 4) is 12.3 Å². The number of aldehydes is 1. The van der Waals surface area contributed by atoms with E-state index in [-0.39, 0.29) is 5.41 Å². The van der Waals surface area contributed by atoms with Crippen molar-refractivity contribution in [3.63, 3.8) is 0 Å². The Balaban J connectivity index is 2.45. The third-order valence-electron chi connectivity index (χ3n) is 3.97. The van der Waals surface area contributed by atoms with Crippen LogP contribution in [0.1, 0.15) is 26.7 Å². The molecule has 0 aromatic carbocycles. The predicted molar refractivity (Wildman–Crippen MR) is 82.9 cm³/mol. The number of carbonyl (C=O) groups is 1.